The highest BCUT2D eigenvalue weighted by Crippen LogP contribution is 2.28. The van der Waals surface area contributed by atoms with Crippen LogP contribution in [-0.2, 0) is 4.74 Å². The van der Waals surface area contributed by atoms with Gasteiger partial charge in [-0.3, -0.25) is 0 Å². The van der Waals surface area contributed by atoms with Crippen LogP contribution in [0.2, 0.25) is 0 Å². The van der Waals surface area contributed by atoms with Crippen molar-refractivity contribution in [3.8, 4) is 11.8 Å². The first-order valence-electron chi connectivity index (χ1n) is 5.44. The lowest BCUT2D eigenvalue weighted by atomic mass is 10.2. The van der Waals surface area contributed by atoms with E-state index in [1.165, 1.54) is 0 Å². The van der Waals surface area contributed by atoms with Crippen LogP contribution in [-0.4, -0.2) is 32.9 Å². The summed E-state index contributed by atoms with van der Waals surface area (Å²) in [6.45, 7) is 1.84. The van der Waals surface area contributed by atoms with Gasteiger partial charge in [0.1, 0.15) is 5.75 Å². The van der Waals surface area contributed by atoms with E-state index in [4.69, 9.17) is 20.5 Å². The molecule has 0 aromatic heterocycles. The van der Waals surface area contributed by atoms with E-state index < -0.39 is 0 Å². The summed E-state index contributed by atoms with van der Waals surface area (Å²) in [5.74, 6) is 0.733. The topological polar surface area (TPSA) is 71.5 Å². The molecule has 1 aliphatic rings. The minimum atomic E-state index is -0.384. The highest BCUT2D eigenvalue weighted by molar-refractivity contribution is 5.69. The average molecular weight is 233 g/mol. The molecular formula is C12H15N3O2. The van der Waals surface area contributed by atoms with Crippen LogP contribution in [0.25, 0.3) is 0 Å². The maximum absolute atomic E-state index is 8.85. The molecule has 1 unspecified atom stereocenters. The van der Waals surface area contributed by atoms with Crippen molar-refractivity contribution in [1.82, 2.24) is 0 Å². The van der Waals surface area contributed by atoms with Crippen molar-refractivity contribution in [1.29, 1.82) is 5.26 Å². The molecule has 1 aliphatic heterocycles. The molecule has 0 spiro atoms. The molecule has 0 bridgehead atoms. The van der Waals surface area contributed by atoms with E-state index in [1.54, 1.807) is 13.2 Å². The fourth-order valence-corrected chi connectivity index (χ4v) is 1.89. The summed E-state index contributed by atoms with van der Waals surface area (Å²) in [6.07, 6.45) is -0.384. The summed E-state index contributed by atoms with van der Waals surface area (Å²) in [4.78, 5) is 2.06. The highest BCUT2D eigenvalue weighted by Gasteiger charge is 2.21. The first-order chi connectivity index (χ1) is 8.24. The minimum absolute atomic E-state index is 0.384. The Morgan fingerprint density at radius 2 is 2.41 bits per heavy atom. The molecular weight excluding hydrogens is 218 g/mol. The summed E-state index contributed by atoms with van der Waals surface area (Å²) in [7, 11) is 1.61. The zero-order valence-corrected chi connectivity index (χ0v) is 9.72. The Kier molecular flexibility index (Phi) is 3.35. The molecule has 1 aromatic rings. The number of morpholine rings is 1. The number of benzene rings is 1. The van der Waals surface area contributed by atoms with Gasteiger partial charge in [-0.25, -0.2) is 0 Å². The number of nitriles is 1. The molecule has 0 radical (unpaired) electrons. The number of hydrogen-bond donors (Lipinski definition) is 1. The molecule has 5 heteroatoms. The van der Waals surface area contributed by atoms with E-state index in [9.17, 15) is 0 Å². The number of hydrogen-bond acceptors (Lipinski definition) is 5. The van der Waals surface area contributed by atoms with Crippen LogP contribution in [0.3, 0.4) is 0 Å². The third-order valence-corrected chi connectivity index (χ3v) is 2.79. The summed E-state index contributed by atoms with van der Waals surface area (Å²) in [6, 6.07) is 7.67. The molecule has 1 heterocycles. The number of ether oxygens (including phenoxy) is 2. The quantitative estimate of drug-likeness (QED) is 0.772. The summed E-state index contributed by atoms with van der Waals surface area (Å²) in [5.41, 5.74) is 7.55. The van der Waals surface area contributed by atoms with Gasteiger partial charge in [0.05, 0.1) is 37.7 Å². The molecule has 1 atom stereocenters. The van der Waals surface area contributed by atoms with Crippen molar-refractivity contribution in [3.63, 3.8) is 0 Å². The third kappa shape index (κ3) is 2.43. The van der Waals surface area contributed by atoms with Gasteiger partial charge >= 0.3 is 0 Å². The van der Waals surface area contributed by atoms with Crippen molar-refractivity contribution in [3.05, 3.63) is 18.2 Å². The van der Waals surface area contributed by atoms with Crippen molar-refractivity contribution in [2.24, 2.45) is 0 Å². The lowest BCUT2D eigenvalue weighted by Crippen LogP contribution is -2.42. The van der Waals surface area contributed by atoms with E-state index >= 15 is 0 Å². The highest BCUT2D eigenvalue weighted by atomic mass is 16.5. The van der Waals surface area contributed by atoms with Crippen LogP contribution >= 0.6 is 0 Å². The summed E-state index contributed by atoms with van der Waals surface area (Å²) in [5, 5.41) is 8.85. The predicted octanol–water partition coefficient (Wildman–Crippen LogP) is 1.01. The fourth-order valence-electron chi connectivity index (χ4n) is 1.89. The first-order valence-corrected chi connectivity index (χ1v) is 5.44. The van der Waals surface area contributed by atoms with Gasteiger partial charge in [-0.1, -0.05) is 0 Å². The summed E-state index contributed by atoms with van der Waals surface area (Å²) >= 11 is 0. The fraction of sp³-hybridized carbons (Fsp3) is 0.417. The minimum Gasteiger partial charge on any atom is -0.497 e. The second-order valence-electron chi connectivity index (χ2n) is 3.86. The molecule has 2 N–H and O–H groups in total. The Morgan fingerprint density at radius 3 is 3.06 bits per heavy atom. The molecule has 0 amide bonds. The molecule has 1 fully saturated rings. The van der Waals surface area contributed by atoms with E-state index in [0.717, 1.165) is 18.0 Å². The molecule has 1 saturated heterocycles. The van der Waals surface area contributed by atoms with Crippen LogP contribution < -0.4 is 15.4 Å². The molecule has 90 valence electrons. The molecule has 5 nitrogen and oxygen atoms in total. The predicted molar refractivity (Wildman–Crippen MR) is 65.0 cm³/mol. The number of methoxy groups -OCH3 is 1. The number of nitrogens with two attached hydrogens (primary N) is 1. The van der Waals surface area contributed by atoms with Gasteiger partial charge in [0.2, 0.25) is 0 Å². The smallest absolute Gasteiger partial charge is 0.161 e. The molecule has 0 saturated carbocycles. The average Bonchev–Trinajstić information content (AvgIpc) is 2.38. The Labute approximate surface area is 100 Å². The second-order valence-corrected chi connectivity index (χ2v) is 3.86. The Morgan fingerprint density at radius 1 is 1.59 bits per heavy atom. The van der Waals surface area contributed by atoms with Crippen molar-refractivity contribution >= 4 is 11.4 Å². The number of nitrogen functional groups attached to an aromatic ring is 1. The van der Waals surface area contributed by atoms with Gasteiger partial charge in [0.25, 0.3) is 0 Å². The maximum Gasteiger partial charge on any atom is 0.161 e. The number of nitrogens with zero attached hydrogens (tertiary/aromatic N) is 2. The van der Waals surface area contributed by atoms with E-state index in [2.05, 4.69) is 11.0 Å². The number of rotatable bonds is 2. The monoisotopic (exact) mass is 233 g/mol. The lowest BCUT2D eigenvalue weighted by Gasteiger charge is -2.32. The van der Waals surface area contributed by atoms with E-state index in [-0.39, 0.29) is 6.10 Å². The summed E-state index contributed by atoms with van der Waals surface area (Å²) < 4.78 is 10.4. The van der Waals surface area contributed by atoms with Gasteiger partial charge in [-0.05, 0) is 12.1 Å². The van der Waals surface area contributed by atoms with Crippen molar-refractivity contribution in [2.45, 2.75) is 6.10 Å². The van der Waals surface area contributed by atoms with Gasteiger partial charge in [0.15, 0.2) is 6.10 Å². The zero-order valence-electron chi connectivity index (χ0n) is 9.72. The zero-order chi connectivity index (χ0) is 12.3. The molecule has 2 rings (SSSR count). The Balaban J connectivity index is 2.19. The van der Waals surface area contributed by atoms with Crippen LogP contribution in [0.4, 0.5) is 11.4 Å². The van der Waals surface area contributed by atoms with Crippen molar-refractivity contribution in [2.75, 3.05) is 37.4 Å². The van der Waals surface area contributed by atoms with Gasteiger partial charge in [-0.2, -0.15) is 5.26 Å². The lowest BCUT2D eigenvalue weighted by molar-refractivity contribution is 0.0765. The first kappa shape index (κ1) is 11.6. The van der Waals surface area contributed by atoms with Crippen LogP contribution in [0, 0.1) is 11.3 Å². The van der Waals surface area contributed by atoms with Gasteiger partial charge in [-0.15, -0.1) is 0 Å². The van der Waals surface area contributed by atoms with Crippen LogP contribution in [0.1, 0.15) is 0 Å². The normalized spacial score (nSPS) is 19.8. The Bertz CT molecular complexity index is 442. The maximum atomic E-state index is 8.85. The number of anilines is 2. The molecule has 1 aromatic carbocycles. The van der Waals surface area contributed by atoms with E-state index in [0.29, 0.717) is 18.8 Å². The third-order valence-electron chi connectivity index (χ3n) is 2.79. The van der Waals surface area contributed by atoms with Crippen molar-refractivity contribution < 1.29 is 9.47 Å². The van der Waals surface area contributed by atoms with Gasteiger partial charge < -0.3 is 20.1 Å². The second kappa shape index (κ2) is 4.93. The molecule has 0 aliphatic carbocycles. The Hall–Kier alpha value is -1.93. The van der Waals surface area contributed by atoms with Gasteiger partial charge in [0, 0.05) is 12.6 Å². The molecule has 17 heavy (non-hydrogen) atoms. The SMILES string of the molecule is COc1ccc(N2CCOC(C#N)C2)c(N)c1. The van der Waals surface area contributed by atoms with Crippen LogP contribution in [0.5, 0.6) is 5.75 Å². The van der Waals surface area contributed by atoms with E-state index in [1.807, 2.05) is 12.1 Å². The standard InChI is InChI=1S/C12H15N3O2/c1-16-9-2-3-12(11(14)6-9)15-4-5-17-10(7-13)8-15/h2-3,6,10H,4-5,8,14H2,1H3. The van der Waals surface area contributed by atoms with Crippen LogP contribution in [0.15, 0.2) is 18.2 Å². The largest absolute Gasteiger partial charge is 0.497 e.